The van der Waals surface area contributed by atoms with E-state index in [1.165, 1.54) is 0 Å². The third kappa shape index (κ3) is 5.87. The molecule has 0 saturated heterocycles. The number of rotatable bonds is 4. The highest BCUT2D eigenvalue weighted by molar-refractivity contribution is 5.31. The smallest absolute Gasteiger partial charge is 0.149 e. The molecular weight excluding hydrogens is 224 g/mol. The average Bonchev–Trinajstić information content (AvgIpc) is 2.41. The molecule has 0 heterocycles. The summed E-state index contributed by atoms with van der Waals surface area (Å²) in [5.74, 6) is 13.4. The second-order valence-corrected chi connectivity index (χ2v) is 3.46. The fraction of sp³-hybridized carbons (Fsp3) is 0.375. The second-order valence-electron chi connectivity index (χ2n) is 3.46. The molecule has 0 atom stereocenters. The van der Waals surface area contributed by atoms with Crippen molar-refractivity contribution >= 4 is 0 Å². The standard InChI is InChI=1S/C16H18O2/c1-3-5-7-13-17-15-9-11-16(12-10-15)18-14-8-6-4-2/h9-12H,3-4,13-14H2,1-2H3. The van der Waals surface area contributed by atoms with Crippen molar-refractivity contribution < 1.29 is 9.47 Å². The van der Waals surface area contributed by atoms with Crippen LogP contribution in [-0.4, -0.2) is 13.2 Å². The predicted octanol–water partition coefficient (Wildman–Crippen LogP) is 3.27. The molecule has 0 unspecified atom stereocenters. The summed E-state index contributed by atoms with van der Waals surface area (Å²) in [6, 6.07) is 7.48. The van der Waals surface area contributed by atoms with Gasteiger partial charge in [-0.2, -0.15) is 0 Å². The van der Waals surface area contributed by atoms with Gasteiger partial charge in [-0.05, 0) is 24.3 Å². The Bertz CT molecular complexity index is 407. The highest BCUT2D eigenvalue weighted by Gasteiger charge is 1.94. The summed E-state index contributed by atoms with van der Waals surface area (Å²) in [7, 11) is 0. The number of benzene rings is 1. The topological polar surface area (TPSA) is 18.5 Å². The number of hydrogen-bond acceptors (Lipinski definition) is 2. The summed E-state index contributed by atoms with van der Waals surface area (Å²) < 4.78 is 10.9. The van der Waals surface area contributed by atoms with E-state index in [0.717, 1.165) is 24.3 Å². The summed E-state index contributed by atoms with van der Waals surface area (Å²) in [5.41, 5.74) is 0. The summed E-state index contributed by atoms with van der Waals surface area (Å²) in [6.07, 6.45) is 1.71. The molecule has 2 nitrogen and oxygen atoms in total. The lowest BCUT2D eigenvalue weighted by Gasteiger charge is -2.04. The molecule has 1 rings (SSSR count). The van der Waals surface area contributed by atoms with E-state index in [-0.39, 0.29) is 0 Å². The summed E-state index contributed by atoms with van der Waals surface area (Å²) >= 11 is 0. The maximum absolute atomic E-state index is 5.45. The lowest BCUT2D eigenvalue weighted by Crippen LogP contribution is -1.95. The van der Waals surface area contributed by atoms with Gasteiger partial charge in [-0.3, -0.25) is 0 Å². The zero-order valence-electron chi connectivity index (χ0n) is 11.0. The highest BCUT2D eigenvalue weighted by atomic mass is 16.5. The van der Waals surface area contributed by atoms with Gasteiger partial charge in [0.2, 0.25) is 0 Å². The number of ether oxygens (including phenoxy) is 2. The summed E-state index contributed by atoms with van der Waals surface area (Å²) in [6.45, 7) is 4.88. The Morgan fingerprint density at radius 2 is 1.11 bits per heavy atom. The minimum atomic E-state index is 0.427. The molecule has 94 valence electrons. The van der Waals surface area contributed by atoms with Gasteiger partial charge in [0, 0.05) is 12.8 Å². The van der Waals surface area contributed by atoms with Crippen molar-refractivity contribution in [2.75, 3.05) is 13.2 Å². The van der Waals surface area contributed by atoms with Gasteiger partial charge in [0.25, 0.3) is 0 Å². The SMILES string of the molecule is CCC#CCOc1ccc(OCC#CCC)cc1. The molecule has 2 heteroatoms. The quantitative estimate of drug-likeness (QED) is 0.754. The van der Waals surface area contributed by atoms with Gasteiger partial charge in [-0.25, -0.2) is 0 Å². The van der Waals surface area contributed by atoms with Crippen molar-refractivity contribution in [2.24, 2.45) is 0 Å². The molecule has 0 radical (unpaired) electrons. The molecule has 0 amide bonds. The van der Waals surface area contributed by atoms with E-state index in [2.05, 4.69) is 23.7 Å². The minimum Gasteiger partial charge on any atom is -0.481 e. The van der Waals surface area contributed by atoms with Crippen LogP contribution in [0.2, 0.25) is 0 Å². The van der Waals surface area contributed by atoms with Crippen LogP contribution in [0, 0.1) is 23.7 Å². The van der Waals surface area contributed by atoms with Gasteiger partial charge < -0.3 is 9.47 Å². The van der Waals surface area contributed by atoms with Crippen LogP contribution < -0.4 is 9.47 Å². The highest BCUT2D eigenvalue weighted by Crippen LogP contribution is 2.17. The fourth-order valence-corrected chi connectivity index (χ4v) is 1.22. The lowest BCUT2D eigenvalue weighted by atomic mass is 10.3. The molecule has 0 saturated carbocycles. The zero-order valence-corrected chi connectivity index (χ0v) is 11.0. The van der Waals surface area contributed by atoms with Crippen molar-refractivity contribution in [3.8, 4) is 35.2 Å². The first kappa shape index (κ1) is 14.0. The summed E-state index contributed by atoms with van der Waals surface area (Å²) in [5, 5.41) is 0. The van der Waals surface area contributed by atoms with Crippen LogP contribution in [0.4, 0.5) is 0 Å². The molecule has 0 N–H and O–H groups in total. The Labute approximate surface area is 109 Å². The third-order valence-electron chi connectivity index (χ3n) is 2.05. The van der Waals surface area contributed by atoms with E-state index < -0.39 is 0 Å². The van der Waals surface area contributed by atoms with Gasteiger partial charge in [-0.1, -0.05) is 25.7 Å². The first-order valence-corrected chi connectivity index (χ1v) is 6.14. The Morgan fingerprint density at radius 1 is 0.722 bits per heavy atom. The van der Waals surface area contributed by atoms with Crippen molar-refractivity contribution in [3.63, 3.8) is 0 Å². The van der Waals surface area contributed by atoms with Crippen LogP contribution in [0.15, 0.2) is 24.3 Å². The normalized spacial score (nSPS) is 8.56. The molecule has 1 aromatic carbocycles. The van der Waals surface area contributed by atoms with Gasteiger partial charge in [0.15, 0.2) is 0 Å². The van der Waals surface area contributed by atoms with Gasteiger partial charge >= 0.3 is 0 Å². The Hall–Kier alpha value is -2.06. The van der Waals surface area contributed by atoms with Crippen LogP contribution in [0.3, 0.4) is 0 Å². The molecule has 1 aromatic rings. The average molecular weight is 242 g/mol. The maximum Gasteiger partial charge on any atom is 0.149 e. The van der Waals surface area contributed by atoms with E-state index in [4.69, 9.17) is 9.47 Å². The first-order valence-electron chi connectivity index (χ1n) is 6.14. The van der Waals surface area contributed by atoms with E-state index in [0.29, 0.717) is 13.2 Å². The van der Waals surface area contributed by atoms with E-state index in [1.54, 1.807) is 0 Å². The van der Waals surface area contributed by atoms with E-state index >= 15 is 0 Å². The van der Waals surface area contributed by atoms with E-state index in [1.807, 2.05) is 38.1 Å². The first-order chi connectivity index (χ1) is 8.86. The monoisotopic (exact) mass is 242 g/mol. The van der Waals surface area contributed by atoms with Crippen LogP contribution in [-0.2, 0) is 0 Å². The van der Waals surface area contributed by atoms with Crippen LogP contribution in [0.25, 0.3) is 0 Å². The van der Waals surface area contributed by atoms with Gasteiger partial charge in [0.1, 0.15) is 24.7 Å². The molecule has 0 aliphatic rings. The van der Waals surface area contributed by atoms with Gasteiger partial charge in [-0.15, -0.1) is 11.8 Å². The largest absolute Gasteiger partial charge is 0.481 e. The minimum absolute atomic E-state index is 0.427. The second kappa shape index (κ2) is 9.02. The van der Waals surface area contributed by atoms with Crippen molar-refractivity contribution in [1.82, 2.24) is 0 Å². The molecule has 0 spiro atoms. The molecule has 0 aliphatic heterocycles. The van der Waals surface area contributed by atoms with Crippen LogP contribution in [0.5, 0.6) is 11.5 Å². The molecule has 18 heavy (non-hydrogen) atoms. The Morgan fingerprint density at radius 3 is 1.44 bits per heavy atom. The van der Waals surface area contributed by atoms with Crippen LogP contribution in [0.1, 0.15) is 26.7 Å². The van der Waals surface area contributed by atoms with Crippen molar-refractivity contribution in [2.45, 2.75) is 26.7 Å². The van der Waals surface area contributed by atoms with Crippen LogP contribution >= 0.6 is 0 Å². The molecule has 0 aromatic heterocycles. The molecular formula is C16H18O2. The molecule has 0 aliphatic carbocycles. The Kier molecular flexibility index (Phi) is 7.02. The Balaban J connectivity index is 2.37. The third-order valence-corrected chi connectivity index (χ3v) is 2.05. The molecule has 0 fully saturated rings. The summed E-state index contributed by atoms with van der Waals surface area (Å²) in [4.78, 5) is 0. The van der Waals surface area contributed by atoms with E-state index in [9.17, 15) is 0 Å². The zero-order chi connectivity index (χ0) is 13.1. The number of hydrogen-bond donors (Lipinski definition) is 0. The van der Waals surface area contributed by atoms with Crippen molar-refractivity contribution in [1.29, 1.82) is 0 Å². The maximum atomic E-state index is 5.45. The molecule has 0 bridgehead atoms. The van der Waals surface area contributed by atoms with Gasteiger partial charge in [0.05, 0.1) is 0 Å². The fourth-order valence-electron chi connectivity index (χ4n) is 1.22. The van der Waals surface area contributed by atoms with Crippen molar-refractivity contribution in [3.05, 3.63) is 24.3 Å². The lowest BCUT2D eigenvalue weighted by molar-refractivity contribution is 0.359. The predicted molar refractivity (Wildman–Crippen MR) is 73.6 cm³/mol.